The van der Waals surface area contributed by atoms with Crippen LogP contribution in [0.3, 0.4) is 0 Å². The van der Waals surface area contributed by atoms with Gasteiger partial charge in [0.2, 0.25) is 0 Å². The Hall–Kier alpha value is -2.49. The maximum absolute atomic E-state index is 11.9. The number of amides is 1. The van der Waals surface area contributed by atoms with Gasteiger partial charge in [0.15, 0.2) is 0 Å². The number of nitrogens with one attached hydrogen (secondary N) is 2. The summed E-state index contributed by atoms with van der Waals surface area (Å²) in [7, 11) is 0. The van der Waals surface area contributed by atoms with Crippen molar-refractivity contribution in [2.45, 2.75) is 20.8 Å². The van der Waals surface area contributed by atoms with E-state index in [1.807, 2.05) is 32.9 Å². The molecule has 0 bridgehead atoms. The van der Waals surface area contributed by atoms with E-state index in [0.717, 1.165) is 11.4 Å². The third kappa shape index (κ3) is 3.75. The van der Waals surface area contributed by atoms with E-state index in [2.05, 4.69) is 16.7 Å². The minimum Gasteiger partial charge on any atom is -0.397 e. The van der Waals surface area contributed by atoms with Gasteiger partial charge in [0, 0.05) is 17.8 Å². The highest BCUT2D eigenvalue weighted by molar-refractivity contribution is 5.96. The summed E-state index contributed by atoms with van der Waals surface area (Å²) in [6.45, 7) is 6.59. The van der Waals surface area contributed by atoms with Gasteiger partial charge in [0.05, 0.1) is 11.4 Å². The summed E-state index contributed by atoms with van der Waals surface area (Å²) < 4.78 is 0. The zero-order valence-corrected chi connectivity index (χ0v) is 12.7. The van der Waals surface area contributed by atoms with Crippen molar-refractivity contribution in [2.24, 2.45) is 0 Å². The fourth-order valence-corrected chi connectivity index (χ4v) is 2.27. The summed E-state index contributed by atoms with van der Waals surface area (Å²) in [6.07, 6.45) is 0. The third-order valence-corrected chi connectivity index (χ3v) is 3.15. The van der Waals surface area contributed by atoms with Gasteiger partial charge in [-0.05, 0) is 62.2 Å². The summed E-state index contributed by atoms with van der Waals surface area (Å²) in [5.74, 6) is -0.0963. The smallest absolute Gasteiger partial charge is 0.251 e. The molecule has 110 valence electrons. The second kappa shape index (κ2) is 6.31. The highest BCUT2D eigenvalue weighted by Crippen LogP contribution is 2.25. The zero-order valence-electron chi connectivity index (χ0n) is 12.7. The molecule has 0 saturated carbocycles. The van der Waals surface area contributed by atoms with Crippen LogP contribution in [0.15, 0.2) is 36.4 Å². The third-order valence-electron chi connectivity index (χ3n) is 3.15. The first kappa shape index (κ1) is 14.9. The summed E-state index contributed by atoms with van der Waals surface area (Å²) in [6, 6.07) is 11.5. The fraction of sp³-hybridized carbons (Fsp3) is 0.235. The van der Waals surface area contributed by atoms with E-state index in [-0.39, 0.29) is 5.91 Å². The van der Waals surface area contributed by atoms with Crippen LogP contribution in [0.25, 0.3) is 0 Å². The number of hydrogen-bond donors (Lipinski definition) is 3. The molecule has 2 aromatic carbocycles. The quantitative estimate of drug-likeness (QED) is 0.754. The number of rotatable bonds is 4. The molecular formula is C17H21N3O. The average Bonchev–Trinajstić information content (AvgIpc) is 2.40. The van der Waals surface area contributed by atoms with Gasteiger partial charge in [-0.15, -0.1) is 0 Å². The molecule has 0 aliphatic rings. The Morgan fingerprint density at radius 1 is 1.10 bits per heavy atom. The molecule has 1 amide bonds. The fourth-order valence-electron chi connectivity index (χ4n) is 2.27. The van der Waals surface area contributed by atoms with Crippen LogP contribution in [-0.4, -0.2) is 12.5 Å². The van der Waals surface area contributed by atoms with Crippen molar-refractivity contribution in [1.29, 1.82) is 0 Å². The number of carbonyl (C=O) groups is 1. The van der Waals surface area contributed by atoms with E-state index in [9.17, 15) is 4.79 Å². The van der Waals surface area contributed by atoms with E-state index in [0.29, 0.717) is 17.8 Å². The molecule has 21 heavy (non-hydrogen) atoms. The van der Waals surface area contributed by atoms with Crippen LogP contribution < -0.4 is 16.4 Å². The van der Waals surface area contributed by atoms with Crippen LogP contribution in [0.2, 0.25) is 0 Å². The van der Waals surface area contributed by atoms with Gasteiger partial charge >= 0.3 is 0 Å². The first-order valence-corrected chi connectivity index (χ1v) is 7.02. The minimum absolute atomic E-state index is 0.0963. The van der Waals surface area contributed by atoms with Crippen LogP contribution in [0, 0.1) is 13.8 Å². The molecule has 0 heterocycles. The summed E-state index contributed by atoms with van der Waals surface area (Å²) in [5.41, 5.74) is 11.3. The lowest BCUT2D eigenvalue weighted by molar-refractivity contribution is 0.0956. The molecule has 0 unspecified atom stereocenters. The number of anilines is 3. The lowest BCUT2D eigenvalue weighted by Crippen LogP contribution is -2.22. The maximum atomic E-state index is 11.9. The first-order chi connectivity index (χ1) is 9.99. The van der Waals surface area contributed by atoms with Gasteiger partial charge in [0.1, 0.15) is 0 Å². The van der Waals surface area contributed by atoms with Gasteiger partial charge < -0.3 is 16.4 Å². The van der Waals surface area contributed by atoms with E-state index in [1.54, 1.807) is 18.2 Å². The normalized spacial score (nSPS) is 10.2. The van der Waals surface area contributed by atoms with E-state index in [1.165, 1.54) is 11.1 Å². The number of aryl methyl sites for hydroxylation is 2. The highest BCUT2D eigenvalue weighted by atomic mass is 16.1. The van der Waals surface area contributed by atoms with Gasteiger partial charge in [-0.25, -0.2) is 0 Å². The number of nitrogen functional groups attached to an aromatic ring is 1. The molecule has 0 saturated heterocycles. The van der Waals surface area contributed by atoms with Crippen LogP contribution in [0.5, 0.6) is 0 Å². The molecule has 4 heteroatoms. The zero-order chi connectivity index (χ0) is 15.4. The molecule has 2 rings (SSSR count). The summed E-state index contributed by atoms with van der Waals surface area (Å²) in [5, 5.41) is 6.07. The Morgan fingerprint density at radius 2 is 1.76 bits per heavy atom. The molecular weight excluding hydrogens is 262 g/mol. The second-order valence-electron chi connectivity index (χ2n) is 5.16. The van der Waals surface area contributed by atoms with Gasteiger partial charge in [-0.1, -0.05) is 6.07 Å². The van der Waals surface area contributed by atoms with Crippen LogP contribution in [0.1, 0.15) is 28.4 Å². The molecule has 0 aliphatic carbocycles. The topological polar surface area (TPSA) is 67.2 Å². The van der Waals surface area contributed by atoms with E-state index < -0.39 is 0 Å². The van der Waals surface area contributed by atoms with Crippen molar-refractivity contribution in [3.63, 3.8) is 0 Å². The average molecular weight is 283 g/mol. The lowest BCUT2D eigenvalue weighted by Gasteiger charge is -2.12. The van der Waals surface area contributed by atoms with Crippen molar-refractivity contribution in [1.82, 2.24) is 5.32 Å². The van der Waals surface area contributed by atoms with Crippen molar-refractivity contribution >= 4 is 23.0 Å². The summed E-state index contributed by atoms with van der Waals surface area (Å²) >= 11 is 0. The summed E-state index contributed by atoms with van der Waals surface area (Å²) in [4.78, 5) is 11.9. The van der Waals surface area contributed by atoms with Gasteiger partial charge in [-0.2, -0.15) is 0 Å². The first-order valence-electron chi connectivity index (χ1n) is 7.02. The van der Waals surface area contributed by atoms with Crippen LogP contribution >= 0.6 is 0 Å². The van der Waals surface area contributed by atoms with Crippen molar-refractivity contribution in [3.8, 4) is 0 Å². The van der Waals surface area contributed by atoms with Crippen LogP contribution in [-0.2, 0) is 0 Å². The molecule has 2 aromatic rings. The molecule has 0 atom stereocenters. The van der Waals surface area contributed by atoms with Gasteiger partial charge in [-0.3, -0.25) is 4.79 Å². The number of carbonyl (C=O) groups excluding carboxylic acids is 1. The Bertz CT molecular complexity index is 645. The molecule has 4 nitrogen and oxygen atoms in total. The largest absolute Gasteiger partial charge is 0.397 e. The number of hydrogen-bond acceptors (Lipinski definition) is 3. The Balaban J connectivity index is 2.30. The predicted molar refractivity (Wildman–Crippen MR) is 88.1 cm³/mol. The minimum atomic E-state index is -0.0963. The predicted octanol–water partition coefficient (Wildman–Crippen LogP) is 3.38. The van der Waals surface area contributed by atoms with E-state index >= 15 is 0 Å². The second-order valence-corrected chi connectivity index (χ2v) is 5.16. The Labute approximate surface area is 125 Å². The Kier molecular flexibility index (Phi) is 4.48. The SMILES string of the molecule is CCNC(=O)c1ccc(N)c(Nc2cc(C)cc(C)c2)c1. The molecule has 0 spiro atoms. The van der Waals surface area contributed by atoms with Crippen LogP contribution in [0.4, 0.5) is 17.1 Å². The van der Waals surface area contributed by atoms with E-state index in [4.69, 9.17) is 5.73 Å². The van der Waals surface area contributed by atoms with Crippen molar-refractivity contribution in [3.05, 3.63) is 53.1 Å². The van der Waals surface area contributed by atoms with Crippen molar-refractivity contribution in [2.75, 3.05) is 17.6 Å². The monoisotopic (exact) mass is 283 g/mol. The number of benzene rings is 2. The standard InChI is InChI=1S/C17H21N3O/c1-4-19-17(21)13-5-6-15(18)16(10-13)20-14-8-11(2)7-12(3)9-14/h5-10,20H,4,18H2,1-3H3,(H,19,21). The van der Waals surface area contributed by atoms with Crippen molar-refractivity contribution < 1.29 is 4.79 Å². The maximum Gasteiger partial charge on any atom is 0.251 e. The molecule has 0 fully saturated rings. The Morgan fingerprint density at radius 3 is 2.38 bits per heavy atom. The molecule has 0 aliphatic heterocycles. The number of nitrogens with two attached hydrogens (primary N) is 1. The van der Waals surface area contributed by atoms with Gasteiger partial charge in [0.25, 0.3) is 5.91 Å². The molecule has 0 radical (unpaired) electrons. The lowest BCUT2D eigenvalue weighted by atomic mass is 10.1. The highest BCUT2D eigenvalue weighted by Gasteiger charge is 2.08. The molecule has 4 N–H and O–H groups in total. The molecule has 0 aromatic heterocycles.